The Bertz CT molecular complexity index is 498. The molecule has 0 saturated carbocycles. The fourth-order valence-corrected chi connectivity index (χ4v) is 2.61. The second-order valence-electron chi connectivity index (χ2n) is 3.78. The maximum atomic E-state index is 11.7. The lowest BCUT2D eigenvalue weighted by Gasteiger charge is -2.13. The van der Waals surface area contributed by atoms with Crippen LogP contribution in [0.25, 0.3) is 0 Å². The van der Waals surface area contributed by atoms with Crippen LogP contribution in [0.4, 0.5) is 0 Å². The zero-order chi connectivity index (χ0) is 15.1. The van der Waals surface area contributed by atoms with Crippen molar-refractivity contribution in [2.75, 3.05) is 19.5 Å². The molecular formula is C12H13Cl2NO4S. The molecule has 0 aliphatic heterocycles. The number of hydrogen-bond acceptors (Lipinski definition) is 4. The first-order valence-electron chi connectivity index (χ1n) is 5.53. The van der Waals surface area contributed by atoms with Crippen molar-refractivity contribution in [3.05, 3.63) is 28.2 Å². The largest absolute Gasteiger partial charge is 0.480 e. The third kappa shape index (κ3) is 5.58. The Morgan fingerprint density at radius 1 is 1.45 bits per heavy atom. The van der Waals surface area contributed by atoms with E-state index in [1.54, 1.807) is 18.2 Å². The van der Waals surface area contributed by atoms with E-state index >= 15 is 0 Å². The molecule has 0 saturated heterocycles. The molecule has 1 aromatic carbocycles. The number of hydrogen-bond donors (Lipinski definition) is 2. The number of aliphatic carboxylic acids is 1. The molecule has 0 bridgehead atoms. The maximum Gasteiger partial charge on any atom is 0.328 e. The van der Waals surface area contributed by atoms with Gasteiger partial charge in [0.05, 0.1) is 17.4 Å². The van der Waals surface area contributed by atoms with Gasteiger partial charge in [-0.15, -0.1) is 11.8 Å². The van der Waals surface area contributed by atoms with Crippen LogP contribution < -0.4 is 5.32 Å². The molecule has 1 aromatic rings. The second-order valence-corrected chi connectivity index (χ2v) is 5.64. The highest BCUT2D eigenvalue weighted by atomic mass is 35.5. The number of nitrogens with one attached hydrogen (secondary N) is 1. The summed E-state index contributed by atoms with van der Waals surface area (Å²) in [5, 5.41) is 12.2. The van der Waals surface area contributed by atoms with E-state index in [0.29, 0.717) is 14.9 Å². The number of carbonyl (C=O) groups excluding carboxylic acids is 1. The fraction of sp³-hybridized carbons (Fsp3) is 0.333. The minimum Gasteiger partial charge on any atom is -0.480 e. The predicted molar refractivity (Wildman–Crippen MR) is 78.6 cm³/mol. The number of carbonyl (C=O) groups is 2. The summed E-state index contributed by atoms with van der Waals surface area (Å²) in [7, 11) is 1.36. The lowest BCUT2D eigenvalue weighted by Crippen LogP contribution is -2.44. The molecule has 1 atom stereocenters. The van der Waals surface area contributed by atoms with E-state index in [1.807, 2.05) is 0 Å². The molecular weight excluding hydrogens is 325 g/mol. The van der Waals surface area contributed by atoms with Gasteiger partial charge in [-0.25, -0.2) is 4.79 Å². The van der Waals surface area contributed by atoms with Gasteiger partial charge in [0.1, 0.15) is 0 Å². The van der Waals surface area contributed by atoms with Gasteiger partial charge in [0, 0.05) is 17.0 Å². The molecule has 1 unspecified atom stereocenters. The summed E-state index contributed by atoms with van der Waals surface area (Å²) >= 11 is 13.0. The van der Waals surface area contributed by atoms with Crippen LogP contribution in [-0.2, 0) is 14.3 Å². The van der Waals surface area contributed by atoms with E-state index in [1.165, 1.54) is 18.9 Å². The van der Waals surface area contributed by atoms with Gasteiger partial charge in [-0.05, 0) is 18.2 Å². The minimum absolute atomic E-state index is 0.0353. The summed E-state index contributed by atoms with van der Waals surface area (Å²) in [4.78, 5) is 23.2. The predicted octanol–water partition coefficient (Wildman–Crippen LogP) is 2.30. The van der Waals surface area contributed by atoms with Crippen LogP contribution in [0.15, 0.2) is 23.1 Å². The summed E-state index contributed by atoms with van der Waals surface area (Å²) in [6.07, 6.45) is 0. The Balaban J connectivity index is 2.54. The highest BCUT2D eigenvalue weighted by Gasteiger charge is 2.19. The van der Waals surface area contributed by atoms with E-state index in [4.69, 9.17) is 33.0 Å². The Kier molecular flexibility index (Phi) is 7.15. The van der Waals surface area contributed by atoms with Crippen molar-refractivity contribution in [1.82, 2.24) is 5.32 Å². The molecule has 0 fully saturated rings. The normalized spacial score (nSPS) is 11.9. The minimum atomic E-state index is -1.15. The van der Waals surface area contributed by atoms with E-state index < -0.39 is 17.9 Å². The van der Waals surface area contributed by atoms with Gasteiger partial charge >= 0.3 is 5.97 Å². The molecule has 2 N–H and O–H groups in total. The van der Waals surface area contributed by atoms with E-state index in [0.717, 1.165) is 0 Å². The smallest absolute Gasteiger partial charge is 0.328 e. The molecule has 0 heterocycles. The summed E-state index contributed by atoms with van der Waals surface area (Å²) in [5.41, 5.74) is 0. The molecule has 1 rings (SSSR count). The molecule has 110 valence electrons. The zero-order valence-corrected chi connectivity index (χ0v) is 12.9. The summed E-state index contributed by atoms with van der Waals surface area (Å²) in [5.74, 6) is -1.53. The molecule has 0 spiro atoms. The van der Waals surface area contributed by atoms with E-state index in [9.17, 15) is 9.59 Å². The van der Waals surface area contributed by atoms with Crippen LogP contribution >= 0.6 is 35.0 Å². The van der Waals surface area contributed by atoms with Crippen molar-refractivity contribution in [2.24, 2.45) is 0 Å². The number of carboxylic acids is 1. The summed E-state index contributed by atoms with van der Waals surface area (Å²) in [6, 6.07) is 3.86. The number of amides is 1. The molecule has 1 amide bonds. The van der Waals surface area contributed by atoms with Gasteiger partial charge in [0.15, 0.2) is 6.04 Å². The van der Waals surface area contributed by atoms with Gasteiger partial charge in [0.2, 0.25) is 5.91 Å². The Morgan fingerprint density at radius 2 is 2.15 bits per heavy atom. The second kappa shape index (κ2) is 8.36. The van der Waals surface area contributed by atoms with Crippen molar-refractivity contribution in [3.8, 4) is 0 Å². The molecule has 5 nitrogen and oxygen atoms in total. The van der Waals surface area contributed by atoms with Gasteiger partial charge < -0.3 is 15.2 Å². The Morgan fingerprint density at radius 3 is 2.75 bits per heavy atom. The molecule has 0 aliphatic rings. The van der Waals surface area contributed by atoms with Gasteiger partial charge in [-0.2, -0.15) is 0 Å². The number of carboxylic acid groups (broad SMARTS) is 1. The lowest BCUT2D eigenvalue weighted by molar-refractivity contribution is -0.142. The van der Waals surface area contributed by atoms with Crippen LogP contribution in [0.5, 0.6) is 0 Å². The third-order valence-corrected chi connectivity index (χ3v) is 3.95. The van der Waals surface area contributed by atoms with Gasteiger partial charge in [0.25, 0.3) is 0 Å². The molecule has 0 radical (unpaired) electrons. The number of thioether (sulfide) groups is 1. The quantitative estimate of drug-likeness (QED) is 0.746. The first kappa shape index (κ1) is 17.1. The molecule has 20 heavy (non-hydrogen) atoms. The van der Waals surface area contributed by atoms with E-state index in [-0.39, 0.29) is 12.4 Å². The topological polar surface area (TPSA) is 75.6 Å². The number of halogens is 2. The van der Waals surface area contributed by atoms with Crippen LogP contribution in [-0.4, -0.2) is 42.5 Å². The summed E-state index contributed by atoms with van der Waals surface area (Å²) < 4.78 is 4.72. The van der Waals surface area contributed by atoms with Crippen molar-refractivity contribution in [2.45, 2.75) is 10.9 Å². The third-order valence-electron chi connectivity index (χ3n) is 2.22. The molecule has 0 aliphatic carbocycles. The van der Waals surface area contributed by atoms with Gasteiger partial charge in [-0.3, -0.25) is 4.79 Å². The van der Waals surface area contributed by atoms with E-state index in [2.05, 4.69) is 5.32 Å². The van der Waals surface area contributed by atoms with Crippen molar-refractivity contribution < 1.29 is 19.4 Å². The highest BCUT2D eigenvalue weighted by Crippen LogP contribution is 2.29. The maximum absolute atomic E-state index is 11.7. The average molecular weight is 338 g/mol. The number of benzene rings is 1. The first-order chi connectivity index (χ1) is 9.43. The van der Waals surface area contributed by atoms with Crippen LogP contribution in [0, 0.1) is 0 Å². The van der Waals surface area contributed by atoms with Gasteiger partial charge in [-0.1, -0.05) is 23.2 Å². The molecule has 8 heteroatoms. The Hall–Kier alpha value is -0.950. The summed E-state index contributed by atoms with van der Waals surface area (Å²) in [6.45, 7) is -0.0936. The monoisotopic (exact) mass is 337 g/mol. The number of ether oxygens (including phenoxy) is 1. The Labute approximate surface area is 130 Å². The zero-order valence-electron chi connectivity index (χ0n) is 10.6. The van der Waals surface area contributed by atoms with Crippen LogP contribution in [0.2, 0.25) is 10.0 Å². The molecule has 0 aromatic heterocycles. The average Bonchev–Trinajstić information content (AvgIpc) is 2.39. The number of rotatable bonds is 7. The first-order valence-corrected chi connectivity index (χ1v) is 7.27. The van der Waals surface area contributed by atoms with Crippen molar-refractivity contribution in [1.29, 1.82) is 0 Å². The van der Waals surface area contributed by atoms with Crippen molar-refractivity contribution in [3.63, 3.8) is 0 Å². The van der Waals surface area contributed by atoms with Crippen LogP contribution in [0.3, 0.4) is 0 Å². The van der Waals surface area contributed by atoms with Crippen molar-refractivity contribution >= 4 is 46.8 Å². The highest BCUT2D eigenvalue weighted by molar-refractivity contribution is 8.00. The lowest BCUT2D eigenvalue weighted by atomic mass is 10.3. The number of methoxy groups -OCH3 is 1. The SMILES string of the molecule is COCC(NC(=O)CSc1cc(Cl)ccc1Cl)C(=O)O. The fourth-order valence-electron chi connectivity index (χ4n) is 1.31. The van der Waals surface area contributed by atoms with Crippen LogP contribution in [0.1, 0.15) is 0 Å². The standard InChI is InChI=1S/C12H13Cl2NO4S/c1-19-5-9(12(17)18)15-11(16)6-20-10-4-7(13)2-3-8(10)14/h2-4,9H,5-6H2,1H3,(H,15,16)(H,17,18).